The molecule has 3 aliphatic carbocycles. The zero-order valence-electron chi connectivity index (χ0n) is 13.0. The minimum absolute atomic E-state index is 0.299. The van der Waals surface area contributed by atoms with Gasteiger partial charge < -0.3 is 5.11 Å². The molecule has 0 aliphatic heterocycles. The van der Waals surface area contributed by atoms with E-state index in [4.69, 9.17) is 0 Å². The third-order valence-corrected chi connectivity index (χ3v) is 6.45. The first kappa shape index (κ1) is 14.1. The molecule has 1 nitrogen and oxygen atoms in total. The van der Waals surface area contributed by atoms with Gasteiger partial charge in [-0.2, -0.15) is 0 Å². The molecule has 104 valence electrons. The molecule has 1 heteroatoms. The van der Waals surface area contributed by atoms with E-state index in [0.717, 1.165) is 17.4 Å². The number of hydrogen-bond donors (Lipinski definition) is 1. The summed E-state index contributed by atoms with van der Waals surface area (Å²) in [5, 5.41) is 9.73. The first-order chi connectivity index (χ1) is 8.18. The summed E-state index contributed by atoms with van der Waals surface area (Å²) in [6.07, 6.45) is 6.19. The molecule has 0 saturated heterocycles. The summed E-state index contributed by atoms with van der Waals surface area (Å²) in [6.45, 7) is 13.8. The maximum atomic E-state index is 9.73. The number of fused-ring (bicyclic) bond motifs is 3. The molecule has 0 aromatic heterocycles. The second-order valence-corrected chi connectivity index (χ2v) is 7.80. The van der Waals surface area contributed by atoms with Crippen LogP contribution in [0.4, 0.5) is 0 Å². The van der Waals surface area contributed by atoms with Gasteiger partial charge in [-0.05, 0) is 67.3 Å². The summed E-state index contributed by atoms with van der Waals surface area (Å²) in [5.74, 6) is 2.33. The second-order valence-electron chi connectivity index (χ2n) is 7.80. The van der Waals surface area contributed by atoms with Crippen molar-refractivity contribution in [3.63, 3.8) is 0 Å². The Kier molecular flexibility index (Phi) is 3.43. The summed E-state index contributed by atoms with van der Waals surface area (Å²) >= 11 is 0. The van der Waals surface area contributed by atoms with Gasteiger partial charge in [-0.15, -0.1) is 0 Å². The Morgan fingerprint density at radius 1 is 1.28 bits per heavy atom. The van der Waals surface area contributed by atoms with Gasteiger partial charge in [0.2, 0.25) is 0 Å². The fourth-order valence-electron chi connectivity index (χ4n) is 4.79. The van der Waals surface area contributed by atoms with Gasteiger partial charge in [0, 0.05) is 0 Å². The van der Waals surface area contributed by atoms with Gasteiger partial charge in [0.1, 0.15) is 0 Å². The van der Waals surface area contributed by atoms with Crippen LogP contribution in [0.1, 0.15) is 60.8 Å². The monoisotopic (exact) mass is 250 g/mol. The van der Waals surface area contributed by atoms with Crippen molar-refractivity contribution in [2.45, 2.75) is 66.9 Å². The summed E-state index contributed by atoms with van der Waals surface area (Å²) < 4.78 is 0. The van der Waals surface area contributed by atoms with Crippen LogP contribution >= 0.6 is 0 Å². The molecule has 0 heterocycles. The average molecular weight is 250 g/mol. The van der Waals surface area contributed by atoms with Crippen molar-refractivity contribution >= 4 is 0 Å². The Hall–Kier alpha value is -0.300. The molecule has 0 amide bonds. The van der Waals surface area contributed by atoms with Gasteiger partial charge in [-0.25, -0.2) is 0 Å². The van der Waals surface area contributed by atoms with Gasteiger partial charge in [0.15, 0.2) is 0 Å². The van der Waals surface area contributed by atoms with E-state index in [1.165, 1.54) is 19.3 Å². The molecule has 0 aromatic rings. The number of hydrogen-bond acceptors (Lipinski definition) is 1. The zero-order valence-corrected chi connectivity index (χ0v) is 13.0. The predicted octanol–water partition coefficient (Wildman–Crippen LogP) is 4.41. The Morgan fingerprint density at radius 3 is 2.39 bits per heavy atom. The molecule has 2 bridgehead atoms. The zero-order chi connectivity index (χ0) is 13.7. The highest BCUT2D eigenvalue weighted by Crippen LogP contribution is 2.65. The molecule has 5 unspecified atom stereocenters. The Morgan fingerprint density at radius 2 is 1.89 bits per heavy atom. The Balaban J connectivity index is 2.36. The standard InChI is InChI=1S/C17H30O/c1-11(13(3)18)7-15-9-14-8-12(2)17(15,6)16(4,5)10-14/h7,12-15,18H,8-10H2,1-6H3. The lowest BCUT2D eigenvalue weighted by atomic mass is 9.42. The topological polar surface area (TPSA) is 20.2 Å². The van der Waals surface area contributed by atoms with Crippen molar-refractivity contribution in [3.8, 4) is 0 Å². The molecular weight excluding hydrogens is 220 g/mol. The molecule has 3 fully saturated rings. The van der Waals surface area contributed by atoms with E-state index in [0.29, 0.717) is 16.7 Å². The van der Waals surface area contributed by atoms with E-state index >= 15 is 0 Å². The number of rotatable bonds is 2. The van der Waals surface area contributed by atoms with Crippen LogP contribution in [0.2, 0.25) is 0 Å². The van der Waals surface area contributed by atoms with Crippen LogP contribution in [-0.4, -0.2) is 11.2 Å². The van der Waals surface area contributed by atoms with Crippen LogP contribution in [0, 0.1) is 28.6 Å². The minimum atomic E-state index is -0.299. The molecule has 0 aromatic carbocycles. The number of aliphatic hydroxyl groups excluding tert-OH is 1. The lowest BCUT2D eigenvalue weighted by Gasteiger charge is -2.63. The van der Waals surface area contributed by atoms with Gasteiger partial charge >= 0.3 is 0 Å². The van der Waals surface area contributed by atoms with Crippen LogP contribution in [0.15, 0.2) is 11.6 Å². The molecule has 1 N–H and O–H groups in total. The van der Waals surface area contributed by atoms with E-state index in [1.807, 2.05) is 6.92 Å². The SMILES string of the molecule is CC(=CC1CC2CC(C)C1(C)C(C)(C)C2)C(C)O. The molecule has 0 radical (unpaired) electrons. The molecule has 18 heavy (non-hydrogen) atoms. The van der Waals surface area contributed by atoms with Crippen molar-refractivity contribution in [1.29, 1.82) is 0 Å². The van der Waals surface area contributed by atoms with Crippen molar-refractivity contribution in [2.24, 2.45) is 28.6 Å². The van der Waals surface area contributed by atoms with Crippen LogP contribution < -0.4 is 0 Å². The third-order valence-electron chi connectivity index (χ3n) is 6.45. The van der Waals surface area contributed by atoms with Crippen molar-refractivity contribution in [2.75, 3.05) is 0 Å². The third kappa shape index (κ3) is 1.95. The smallest absolute Gasteiger partial charge is 0.0719 e. The lowest BCUT2D eigenvalue weighted by molar-refractivity contribution is -0.127. The van der Waals surface area contributed by atoms with Gasteiger partial charge in [-0.1, -0.05) is 33.8 Å². The van der Waals surface area contributed by atoms with E-state index < -0.39 is 0 Å². The van der Waals surface area contributed by atoms with Crippen molar-refractivity contribution in [1.82, 2.24) is 0 Å². The van der Waals surface area contributed by atoms with Crippen LogP contribution in [0.25, 0.3) is 0 Å². The first-order valence-electron chi connectivity index (χ1n) is 7.55. The van der Waals surface area contributed by atoms with E-state index in [1.54, 1.807) is 0 Å². The van der Waals surface area contributed by atoms with Crippen LogP contribution in [0.3, 0.4) is 0 Å². The van der Waals surface area contributed by atoms with Crippen LogP contribution in [-0.2, 0) is 0 Å². The van der Waals surface area contributed by atoms with Crippen LogP contribution in [0.5, 0.6) is 0 Å². The van der Waals surface area contributed by atoms with Gasteiger partial charge in [0.05, 0.1) is 6.10 Å². The van der Waals surface area contributed by atoms with Gasteiger partial charge in [0.25, 0.3) is 0 Å². The highest BCUT2D eigenvalue weighted by Gasteiger charge is 2.57. The summed E-state index contributed by atoms with van der Waals surface area (Å²) in [4.78, 5) is 0. The van der Waals surface area contributed by atoms with Crippen molar-refractivity contribution < 1.29 is 5.11 Å². The Bertz CT molecular complexity index is 353. The lowest BCUT2D eigenvalue weighted by Crippen LogP contribution is -2.55. The predicted molar refractivity (Wildman–Crippen MR) is 77.3 cm³/mol. The maximum Gasteiger partial charge on any atom is 0.0719 e. The maximum absolute atomic E-state index is 9.73. The molecule has 5 atom stereocenters. The molecule has 3 aliphatic rings. The quantitative estimate of drug-likeness (QED) is 0.720. The highest BCUT2D eigenvalue weighted by atomic mass is 16.3. The molecule has 0 spiro atoms. The average Bonchev–Trinajstić information content (AvgIpc) is 2.22. The summed E-state index contributed by atoms with van der Waals surface area (Å²) in [5.41, 5.74) is 1.96. The van der Waals surface area contributed by atoms with Crippen molar-refractivity contribution in [3.05, 3.63) is 11.6 Å². The normalized spacial score (nSPS) is 45.1. The summed E-state index contributed by atoms with van der Waals surface area (Å²) in [7, 11) is 0. The fraction of sp³-hybridized carbons (Fsp3) is 0.882. The summed E-state index contributed by atoms with van der Waals surface area (Å²) in [6, 6.07) is 0. The highest BCUT2D eigenvalue weighted by molar-refractivity contribution is 5.16. The van der Waals surface area contributed by atoms with E-state index in [9.17, 15) is 5.11 Å². The molecular formula is C17H30O. The second kappa shape index (κ2) is 4.37. The fourth-order valence-corrected chi connectivity index (χ4v) is 4.79. The number of aliphatic hydroxyl groups is 1. The minimum Gasteiger partial charge on any atom is -0.389 e. The van der Waals surface area contributed by atoms with Gasteiger partial charge in [-0.3, -0.25) is 0 Å². The van der Waals surface area contributed by atoms with E-state index in [2.05, 4.69) is 40.7 Å². The molecule has 3 saturated carbocycles. The Labute approximate surface area is 113 Å². The molecule has 3 rings (SSSR count). The largest absolute Gasteiger partial charge is 0.389 e. The van der Waals surface area contributed by atoms with E-state index in [-0.39, 0.29) is 6.10 Å². The first-order valence-corrected chi connectivity index (χ1v) is 7.55. The number of allylic oxidation sites excluding steroid dienone is 1.